The molecule has 1 unspecified atom stereocenters. The standard InChI is InChI=1S/C23H28F2N4O3/c1-4-26-23(27-13-15-5-8-21(31-2)18(11-15)22(30)32-3)28-17-9-10-29(14-17)20-7-6-16(24)12-19(20)25/h5-8,11-12,17H,4,9-10,13-14H2,1-3H3,(H2,26,27,28). The van der Waals surface area contributed by atoms with Crippen LogP contribution in [-0.4, -0.2) is 51.8 Å². The summed E-state index contributed by atoms with van der Waals surface area (Å²) >= 11 is 0. The predicted molar refractivity (Wildman–Crippen MR) is 119 cm³/mol. The molecule has 0 saturated carbocycles. The van der Waals surface area contributed by atoms with E-state index in [-0.39, 0.29) is 6.04 Å². The zero-order chi connectivity index (χ0) is 23.1. The van der Waals surface area contributed by atoms with Crippen LogP contribution in [0.2, 0.25) is 0 Å². The summed E-state index contributed by atoms with van der Waals surface area (Å²) in [6, 6.07) is 8.94. The maximum Gasteiger partial charge on any atom is 0.341 e. The Labute approximate surface area is 186 Å². The van der Waals surface area contributed by atoms with E-state index in [1.807, 2.05) is 17.9 Å². The summed E-state index contributed by atoms with van der Waals surface area (Å²) in [6.07, 6.45) is 0.788. The first-order valence-electron chi connectivity index (χ1n) is 10.4. The molecule has 2 aromatic rings. The number of ether oxygens (including phenoxy) is 2. The van der Waals surface area contributed by atoms with Crippen LogP contribution in [0.3, 0.4) is 0 Å². The molecular weight excluding hydrogens is 418 g/mol. The molecule has 32 heavy (non-hydrogen) atoms. The van der Waals surface area contributed by atoms with Crippen LogP contribution in [0.15, 0.2) is 41.4 Å². The molecule has 0 aromatic heterocycles. The van der Waals surface area contributed by atoms with Crippen molar-refractivity contribution in [1.29, 1.82) is 0 Å². The number of guanidine groups is 1. The third-order valence-corrected chi connectivity index (χ3v) is 5.21. The van der Waals surface area contributed by atoms with Crippen molar-refractivity contribution >= 4 is 17.6 Å². The van der Waals surface area contributed by atoms with Crippen molar-refractivity contribution in [3.63, 3.8) is 0 Å². The molecule has 1 aliphatic heterocycles. The average molecular weight is 446 g/mol. The zero-order valence-corrected chi connectivity index (χ0v) is 18.5. The van der Waals surface area contributed by atoms with Crippen molar-refractivity contribution in [3.05, 3.63) is 59.2 Å². The van der Waals surface area contributed by atoms with E-state index in [1.54, 1.807) is 12.1 Å². The highest BCUT2D eigenvalue weighted by molar-refractivity contribution is 5.92. The minimum absolute atomic E-state index is 0.0544. The molecular formula is C23H28F2N4O3. The fourth-order valence-corrected chi connectivity index (χ4v) is 3.64. The van der Waals surface area contributed by atoms with Gasteiger partial charge >= 0.3 is 5.97 Å². The smallest absolute Gasteiger partial charge is 0.341 e. The fourth-order valence-electron chi connectivity index (χ4n) is 3.64. The number of esters is 1. The third kappa shape index (κ3) is 5.66. The Morgan fingerprint density at radius 2 is 2.03 bits per heavy atom. The van der Waals surface area contributed by atoms with E-state index < -0.39 is 17.6 Å². The summed E-state index contributed by atoms with van der Waals surface area (Å²) < 4.78 is 37.3. The highest BCUT2D eigenvalue weighted by Gasteiger charge is 2.25. The van der Waals surface area contributed by atoms with Crippen molar-refractivity contribution in [3.8, 4) is 5.75 Å². The first kappa shape index (κ1) is 23.3. The number of aliphatic imine (C=N–C) groups is 1. The van der Waals surface area contributed by atoms with Gasteiger partial charge in [-0.15, -0.1) is 0 Å². The van der Waals surface area contributed by atoms with Gasteiger partial charge in [0.25, 0.3) is 0 Å². The van der Waals surface area contributed by atoms with E-state index in [0.717, 1.165) is 18.1 Å². The second kappa shape index (κ2) is 10.8. The average Bonchev–Trinajstić information content (AvgIpc) is 3.25. The van der Waals surface area contributed by atoms with Crippen molar-refractivity contribution < 1.29 is 23.0 Å². The van der Waals surface area contributed by atoms with Gasteiger partial charge in [-0.25, -0.2) is 18.6 Å². The number of benzene rings is 2. The molecule has 0 amide bonds. The van der Waals surface area contributed by atoms with Crippen LogP contribution in [0.5, 0.6) is 5.75 Å². The highest BCUT2D eigenvalue weighted by Crippen LogP contribution is 2.24. The SMILES string of the molecule is CCNC(=NCc1ccc(OC)c(C(=O)OC)c1)NC1CCN(c2ccc(F)cc2F)C1. The summed E-state index contributed by atoms with van der Waals surface area (Å²) in [5.41, 5.74) is 1.56. The maximum absolute atomic E-state index is 14.1. The van der Waals surface area contributed by atoms with E-state index in [4.69, 9.17) is 9.47 Å². The van der Waals surface area contributed by atoms with Gasteiger partial charge in [-0.3, -0.25) is 0 Å². The van der Waals surface area contributed by atoms with Gasteiger partial charge in [-0.2, -0.15) is 0 Å². The normalized spacial score (nSPS) is 16.1. The minimum atomic E-state index is -0.587. The highest BCUT2D eigenvalue weighted by atomic mass is 19.1. The Kier molecular flexibility index (Phi) is 7.86. The lowest BCUT2D eigenvalue weighted by Crippen LogP contribution is -2.44. The van der Waals surface area contributed by atoms with E-state index >= 15 is 0 Å². The van der Waals surface area contributed by atoms with Crippen LogP contribution in [0.25, 0.3) is 0 Å². The Balaban J connectivity index is 1.67. The molecule has 2 N–H and O–H groups in total. The van der Waals surface area contributed by atoms with Crippen molar-refractivity contribution in [1.82, 2.24) is 10.6 Å². The largest absolute Gasteiger partial charge is 0.496 e. The van der Waals surface area contributed by atoms with Gasteiger partial charge in [0.05, 0.1) is 26.5 Å². The topological polar surface area (TPSA) is 75.2 Å². The molecule has 0 bridgehead atoms. The first-order valence-corrected chi connectivity index (χ1v) is 10.4. The van der Waals surface area contributed by atoms with Gasteiger partial charge in [-0.1, -0.05) is 6.07 Å². The van der Waals surface area contributed by atoms with Crippen LogP contribution in [-0.2, 0) is 11.3 Å². The molecule has 7 nitrogen and oxygen atoms in total. The monoisotopic (exact) mass is 446 g/mol. The van der Waals surface area contributed by atoms with Gasteiger partial charge in [0, 0.05) is 31.7 Å². The molecule has 0 radical (unpaired) electrons. The number of halogens is 2. The van der Waals surface area contributed by atoms with Gasteiger partial charge in [0.2, 0.25) is 0 Å². The maximum atomic E-state index is 14.1. The molecule has 0 spiro atoms. The number of hydrogen-bond acceptors (Lipinski definition) is 5. The van der Waals surface area contributed by atoms with Gasteiger partial charge in [-0.05, 0) is 43.2 Å². The first-order chi connectivity index (χ1) is 15.4. The zero-order valence-electron chi connectivity index (χ0n) is 18.5. The van der Waals surface area contributed by atoms with Crippen molar-refractivity contribution in [2.24, 2.45) is 4.99 Å². The van der Waals surface area contributed by atoms with Crippen molar-refractivity contribution in [2.45, 2.75) is 25.9 Å². The van der Waals surface area contributed by atoms with Gasteiger partial charge < -0.3 is 25.0 Å². The summed E-state index contributed by atoms with van der Waals surface area (Å²) in [6.45, 7) is 4.20. The number of carbonyl (C=O) groups excluding carboxylic acids is 1. The molecule has 0 aliphatic carbocycles. The van der Waals surface area contributed by atoms with Crippen LogP contribution >= 0.6 is 0 Å². The summed E-state index contributed by atoms with van der Waals surface area (Å²) in [5.74, 6) is -0.567. The predicted octanol–water partition coefficient (Wildman–Crippen LogP) is 3.09. The van der Waals surface area contributed by atoms with Crippen LogP contribution in [0.1, 0.15) is 29.3 Å². The van der Waals surface area contributed by atoms with Crippen LogP contribution in [0.4, 0.5) is 14.5 Å². The van der Waals surface area contributed by atoms with Crippen LogP contribution < -0.4 is 20.3 Å². The minimum Gasteiger partial charge on any atom is -0.496 e. The summed E-state index contributed by atoms with van der Waals surface area (Å²) in [4.78, 5) is 18.5. The van der Waals surface area contributed by atoms with Gasteiger partial charge in [0.1, 0.15) is 22.9 Å². The summed E-state index contributed by atoms with van der Waals surface area (Å²) in [7, 11) is 2.82. The second-order valence-electron chi connectivity index (χ2n) is 7.39. The Bertz CT molecular complexity index is 984. The lowest BCUT2D eigenvalue weighted by Gasteiger charge is -2.21. The number of rotatable bonds is 7. The molecule has 1 aliphatic rings. The number of carbonyl (C=O) groups is 1. The van der Waals surface area contributed by atoms with Crippen LogP contribution in [0, 0.1) is 11.6 Å². The van der Waals surface area contributed by atoms with E-state index in [0.29, 0.717) is 49.1 Å². The van der Waals surface area contributed by atoms with E-state index in [1.165, 1.54) is 26.4 Å². The lowest BCUT2D eigenvalue weighted by atomic mass is 10.1. The molecule has 1 saturated heterocycles. The number of anilines is 1. The van der Waals surface area contributed by atoms with Gasteiger partial charge in [0.15, 0.2) is 5.96 Å². The fraction of sp³-hybridized carbons (Fsp3) is 0.391. The van der Waals surface area contributed by atoms with E-state index in [2.05, 4.69) is 15.6 Å². The number of hydrogen-bond donors (Lipinski definition) is 2. The number of nitrogens with one attached hydrogen (secondary N) is 2. The molecule has 1 atom stereocenters. The van der Waals surface area contributed by atoms with Crippen molar-refractivity contribution in [2.75, 3.05) is 38.8 Å². The summed E-state index contributed by atoms with van der Waals surface area (Å²) in [5, 5.41) is 6.58. The Morgan fingerprint density at radius 1 is 1.22 bits per heavy atom. The molecule has 1 heterocycles. The molecule has 3 rings (SSSR count). The Hall–Kier alpha value is -3.36. The lowest BCUT2D eigenvalue weighted by molar-refractivity contribution is 0.0597. The Morgan fingerprint density at radius 3 is 2.72 bits per heavy atom. The third-order valence-electron chi connectivity index (χ3n) is 5.21. The molecule has 172 valence electrons. The molecule has 1 fully saturated rings. The number of nitrogens with zero attached hydrogens (tertiary/aromatic N) is 2. The van der Waals surface area contributed by atoms with E-state index in [9.17, 15) is 13.6 Å². The molecule has 9 heteroatoms. The number of methoxy groups -OCH3 is 2. The second-order valence-corrected chi connectivity index (χ2v) is 7.39. The quantitative estimate of drug-likeness (QED) is 0.387. The molecule has 2 aromatic carbocycles.